The molecule has 1 saturated carbocycles. The van der Waals surface area contributed by atoms with Gasteiger partial charge in [-0.25, -0.2) is 0 Å². The molecule has 25 heavy (non-hydrogen) atoms. The molecule has 2 N–H and O–H groups in total. The van der Waals surface area contributed by atoms with Gasteiger partial charge in [0, 0.05) is 6.07 Å². The maximum absolute atomic E-state index is 12.7. The van der Waals surface area contributed by atoms with Crippen molar-refractivity contribution in [1.82, 2.24) is 5.32 Å². The van der Waals surface area contributed by atoms with Crippen molar-refractivity contribution in [1.29, 1.82) is 0 Å². The van der Waals surface area contributed by atoms with E-state index in [4.69, 9.17) is 13.9 Å². The van der Waals surface area contributed by atoms with E-state index in [9.17, 15) is 9.59 Å². The highest BCUT2D eigenvalue weighted by Gasteiger charge is 2.56. The Morgan fingerprint density at radius 2 is 1.96 bits per heavy atom. The summed E-state index contributed by atoms with van der Waals surface area (Å²) in [4.78, 5) is 25.1. The predicted molar refractivity (Wildman–Crippen MR) is 90.4 cm³/mol. The average molecular weight is 344 g/mol. The number of carbonyl (C=O) groups excluding carboxylic acids is 2. The highest BCUT2D eigenvalue weighted by Crippen LogP contribution is 2.47. The van der Waals surface area contributed by atoms with Crippen molar-refractivity contribution in [3.63, 3.8) is 0 Å². The van der Waals surface area contributed by atoms with Crippen LogP contribution in [0.25, 0.3) is 0 Å². The van der Waals surface area contributed by atoms with Gasteiger partial charge in [0.25, 0.3) is 0 Å². The Balaban J connectivity index is 1.69. The molecule has 0 unspecified atom stereocenters. The molecule has 0 saturated heterocycles. The van der Waals surface area contributed by atoms with E-state index in [1.165, 1.54) is 20.5 Å². The number of carbonyl (C=O) groups is 2. The summed E-state index contributed by atoms with van der Waals surface area (Å²) >= 11 is 0. The minimum Gasteiger partial charge on any atom is -0.497 e. The van der Waals surface area contributed by atoms with Crippen LogP contribution in [0.4, 0.5) is 5.69 Å². The molecule has 0 spiro atoms. The second kappa shape index (κ2) is 6.88. The lowest BCUT2D eigenvalue weighted by atomic mass is 10.0. The number of furan rings is 1. The second-order valence-corrected chi connectivity index (χ2v) is 5.86. The first kappa shape index (κ1) is 16.9. The van der Waals surface area contributed by atoms with Gasteiger partial charge in [-0.15, -0.1) is 0 Å². The van der Waals surface area contributed by atoms with Crippen LogP contribution in [-0.2, 0) is 16.1 Å². The van der Waals surface area contributed by atoms with Gasteiger partial charge in [-0.1, -0.05) is 0 Å². The summed E-state index contributed by atoms with van der Waals surface area (Å²) in [6.45, 7) is 0.253. The van der Waals surface area contributed by atoms with Crippen molar-refractivity contribution in [3.8, 4) is 11.5 Å². The first-order chi connectivity index (χ1) is 12.1. The zero-order valence-electron chi connectivity index (χ0n) is 14.1. The van der Waals surface area contributed by atoms with E-state index >= 15 is 0 Å². The number of ether oxygens (including phenoxy) is 2. The second-order valence-electron chi connectivity index (χ2n) is 5.86. The SMILES string of the molecule is COc1ccc(OC)c(NC(=O)C2(C(=O)NCc3ccco3)CC2)c1. The van der Waals surface area contributed by atoms with Crippen molar-refractivity contribution in [3.05, 3.63) is 42.4 Å². The maximum Gasteiger partial charge on any atom is 0.240 e. The first-order valence-corrected chi connectivity index (χ1v) is 7.93. The molecule has 132 valence electrons. The summed E-state index contributed by atoms with van der Waals surface area (Å²) in [7, 11) is 3.05. The number of anilines is 1. The Morgan fingerprint density at radius 1 is 1.16 bits per heavy atom. The van der Waals surface area contributed by atoms with E-state index in [0.717, 1.165) is 0 Å². The average Bonchev–Trinajstić information content (AvgIpc) is 3.29. The molecule has 2 aromatic rings. The van der Waals surface area contributed by atoms with E-state index in [-0.39, 0.29) is 18.4 Å². The van der Waals surface area contributed by atoms with E-state index in [1.54, 1.807) is 30.3 Å². The smallest absolute Gasteiger partial charge is 0.240 e. The summed E-state index contributed by atoms with van der Waals surface area (Å²) < 4.78 is 15.6. The fourth-order valence-electron chi connectivity index (χ4n) is 2.59. The molecule has 0 radical (unpaired) electrons. The minimum atomic E-state index is -1.04. The number of amides is 2. The summed E-state index contributed by atoms with van der Waals surface area (Å²) in [5.74, 6) is 1.07. The Morgan fingerprint density at radius 3 is 2.56 bits per heavy atom. The van der Waals surface area contributed by atoms with Crippen molar-refractivity contribution in [2.24, 2.45) is 5.41 Å². The van der Waals surface area contributed by atoms with Crippen molar-refractivity contribution in [2.75, 3.05) is 19.5 Å². The lowest BCUT2D eigenvalue weighted by Gasteiger charge is -2.17. The van der Waals surface area contributed by atoms with Gasteiger partial charge in [-0.2, -0.15) is 0 Å². The number of hydrogen-bond donors (Lipinski definition) is 2. The lowest BCUT2D eigenvalue weighted by molar-refractivity contribution is -0.134. The summed E-state index contributed by atoms with van der Waals surface area (Å²) in [6.07, 6.45) is 2.56. The van der Waals surface area contributed by atoms with Gasteiger partial charge in [-0.05, 0) is 37.1 Å². The normalized spacial score (nSPS) is 14.5. The summed E-state index contributed by atoms with van der Waals surface area (Å²) in [5.41, 5.74) is -0.572. The molecular weight excluding hydrogens is 324 g/mol. The summed E-state index contributed by atoms with van der Waals surface area (Å²) in [6, 6.07) is 8.60. The van der Waals surface area contributed by atoms with Crippen molar-refractivity contribution in [2.45, 2.75) is 19.4 Å². The first-order valence-electron chi connectivity index (χ1n) is 7.93. The van der Waals surface area contributed by atoms with Crippen LogP contribution >= 0.6 is 0 Å². The van der Waals surface area contributed by atoms with E-state index < -0.39 is 5.41 Å². The molecule has 1 heterocycles. The quantitative estimate of drug-likeness (QED) is 0.753. The Labute approximate surface area is 145 Å². The zero-order chi connectivity index (χ0) is 17.9. The maximum atomic E-state index is 12.7. The number of nitrogens with one attached hydrogen (secondary N) is 2. The van der Waals surface area contributed by atoms with Gasteiger partial charge < -0.3 is 24.5 Å². The zero-order valence-corrected chi connectivity index (χ0v) is 14.1. The molecule has 1 aromatic carbocycles. The lowest BCUT2D eigenvalue weighted by Crippen LogP contribution is -2.39. The Hall–Kier alpha value is -2.96. The largest absolute Gasteiger partial charge is 0.497 e. The number of methoxy groups -OCH3 is 2. The van der Waals surface area contributed by atoms with Crippen LogP contribution in [0.5, 0.6) is 11.5 Å². The van der Waals surface area contributed by atoms with Gasteiger partial charge in [0.2, 0.25) is 11.8 Å². The topological polar surface area (TPSA) is 89.8 Å². The molecule has 0 bridgehead atoms. The van der Waals surface area contributed by atoms with Crippen molar-refractivity contribution >= 4 is 17.5 Å². The molecular formula is C18H20N2O5. The van der Waals surface area contributed by atoms with E-state index in [0.29, 0.717) is 35.8 Å². The van der Waals surface area contributed by atoms with Crippen LogP contribution in [0.1, 0.15) is 18.6 Å². The fraction of sp³-hybridized carbons (Fsp3) is 0.333. The number of rotatable bonds is 7. The molecule has 2 amide bonds. The third-order valence-electron chi connectivity index (χ3n) is 4.28. The minimum absolute atomic E-state index is 0.253. The number of benzene rings is 1. The predicted octanol–water partition coefficient (Wildman–Crippen LogP) is 2.33. The fourth-order valence-corrected chi connectivity index (χ4v) is 2.59. The van der Waals surface area contributed by atoms with Crippen LogP contribution in [0.15, 0.2) is 41.0 Å². The third kappa shape index (κ3) is 3.45. The monoisotopic (exact) mass is 344 g/mol. The molecule has 0 aliphatic heterocycles. The van der Waals surface area contributed by atoms with E-state index in [2.05, 4.69) is 10.6 Å². The standard InChI is InChI=1S/C18H20N2O5/c1-23-12-5-6-15(24-2)14(10-12)20-17(22)18(7-8-18)16(21)19-11-13-4-3-9-25-13/h3-6,9-10H,7-8,11H2,1-2H3,(H,19,21)(H,20,22). The van der Waals surface area contributed by atoms with Gasteiger partial charge in [-0.3, -0.25) is 9.59 Å². The molecule has 1 fully saturated rings. The van der Waals surface area contributed by atoms with Gasteiger partial charge in [0.1, 0.15) is 22.7 Å². The van der Waals surface area contributed by atoms with Crippen LogP contribution in [0.2, 0.25) is 0 Å². The van der Waals surface area contributed by atoms with Crippen LogP contribution in [0, 0.1) is 5.41 Å². The van der Waals surface area contributed by atoms with E-state index in [1.807, 2.05) is 0 Å². The van der Waals surface area contributed by atoms with Crippen molar-refractivity contribution < 1.29 is 23.5 Å². The highest BCUT2D eigenvalue weighted by atomic mass is 16.5. The molecule has 7 heteroatoms. The molecule has 1 aliphatic carbocycles. The van der Waals surface area contributed by atoms with Crippen LogP contribution in [-0.4, -0.2) is 26.0 Å². The third-order valence-corrected chi connectivity index (χ3v) is 4.28. The van der Waals surface area contributed by atoms with Gasteiger partial charge in [0.05, 0.1) is 32.7 Å². The van der Waals surface area contributed by atoms with Crippen LogP contribution < -0.4 is 20.1 Å². The van der Waals surface area contributed by atoms with Crippen LogP contribution in [0.3, 0.4) is 0 Å². The molecule has 0 atom stereocenters. The summed E-state index contributed by atoms with van der Waals surface area (Å²) in [5, 5.41) is 5.54. The molecule has 1 aromatic heterocycles. The Bertz CT molecular complexity index is 766. The Kier molecular flexibility index (Phi) is 4.65. The molecule has 1 aliphatic rings. The number of hydrogen-bond acceptors (Lipinski definition) is 5. The molecule has 3 rings (SSSR count). The molecule has 7 nitrogen and oxygen atoms in total. The van der Waals surface area contributed by atoms with Gasteiger partial charge >= 0.3 is 0 Å². The van der Waals surface area contributed by atoms with Gasteiger partial charge in [0.15, 0.2) is 0 Å². The highest BCUT2D eigenvalue weighted by molar-refractivity contribution is 6.13.